The smallest absolute Gasteiger partial charge is 0.340 e. The van der Waals surface area contributed by atoms with Crippen molar-refractivity contribution in [3.63, 3.8) is 0 Å². The number of aryl methyl sites for hydroxylation is 1. The second-order valence-electron chi connectivity index (χ2n) is 6.61. The molecular formula is C23H23NO4. The van der Waals surface area contributed by atoms with Crippen molar-refractivity contribution in [2.45, 2.75) is 19.4 Å². The Labute approximate surface area is 164 Å². The van der Waals surface area contributed by atoms with Crippen molar-refractivity contribution < 1.29 is 14.3 Å². The normalized spacial score (nSPS) is 11.9. The first-order valence-corrected chi connectivity index (χ1v) is 9.14. The number of fused-ring (bicyclic) bond motifs is 1. The van der Waals surface area contributed by atoms with E-state index < -0.39 is 6.10 Å². The zero-order chi connectivity index (χ0) is 19.9. The minimum atomic E-state index is -0.689. The fraction of sp³-hybridized carbons (Fsp3) is 0.261. The Morgan fingerprint density at radius 1 is 1.25 bits per heavy atom. The molecule has 2 aromatic carbocycles. The summed E-state index contributed by atoms with van der Waals surface area (Å²) in [5.74, 6) is 2.97. The molecule has 2 N–H and O–H groups in total. The van der Waals surface area contributed by atoms with Crippen LogP contribution in [0.4, 0.5) is 0 Å². The third-order valence-corrected chi connectivity index (χ3v) is 4.53. The molecule has 5 heteroatoms. The summed E-state index contributed by atoms with van der Waals surface area (Å²) in [5, 5.41) is 13.7. The van der Waals surface area contributed by atoms with Crippen LogP contribution in [0.15, 0.2) is 57.7 Å². The molecule has 0 spiro atoms. The van der Waals surface area contributed by atoms with E-state index in [0.717, 1.165) is 16.5 Å². The number of rotatable bonds is 8. The van der Waals surface area contributed by atoms with Gasteiger partial charge in [-0.1, -0.05) is 36.3 Å². The number of aliphatic hydroxyl groups excluding tert-OH is 1. The van der Waals surface area contributed by atoms with E-state index in [1.807, 2.05) is 49.4 Å². The molecule has 0 bridgehead atoms. The summed E-state index contributed by atoms with van der Waals surface area (Å²) in [6, 6.07) is 15.2. The third kappa shape index (κ3) is 4.80. The first-order valence-electron chi connectivity index (χ1n) is 9.14. The van der Waals surface area contributed by atoms with Crippen LogP contribution in [0.2, 0.25) is 0 Å². The fourth-order valence-electron chi connectivity index (χ4n) is 3.03. The van der Waals surface area contributed by atoms with Gasteiger partial charge in [-0.05, 0) is 30.2 Å². The van der Waals surface area contributed by atoms with Crippen LogP contribution in [-0.2, 0) is 6.42 Å². The molecule has 3 rings (SSSR count). The van der Waals surface area contributed by atoms with E-state index >= 15 is 0 Å². The van der Waals surface area contributed by atoms with Gasteiger partial charge in [0.25, 0.3) is 0 Å². The molecule has 144 valence electrons. The molecule has 1 atom stereocenters. The average Bonchev–Trinajstić information content (AvgIpc) is 2.70. The Kier molecular flexibility index (Phi) is 6.49. The molecule has 0 amide bonds. The van der Waals surface area contributed by atoms with Crippen molar-refractivity contribution >= 4 is 11.0 Å². The Morgan fingerprint density at radius 3 is 2.79 bits per heavy atom. The zero-order valence-corrected chi connectivity index (χ0v) is 15.8. The van der Waals surface area contributed by atoms with E-state index in [1.54, 1.807) is 6.07 Å². The predicted octanol–water partition coefficient (Wildman–Crippen LogP) is 2.65. The lowest BCUT2D eigenvalue weighted by Crippen LogP contribution is -2.31. The minimum absolute atomic E-state index is 0.110. The van der Waals surface area contributed by atoms with Gasteiger partial charge in [0.05, 0.1) is 6.54 Å². The lowest BCUT2D eigenvalue weighted by molar-refractivity contribution is 0.107. The van der Waals surface area contributed by atoms with E-state index in [0.29, 0.717) is 36.4 Å². The van der Waals surface area contributed by atoms with Crippen molar-refractivity contribution in [3.8, 4) is 18.1 Å². The fourth-order valence-corrected chi connectivity index (χ4v) is 3.03. The summed E-state index contributed by atoms with van der Waals surface area (Å²) in [4.78, 5) is 12.5. The van der Waals surface area contributed by atoms with Gasteiger partial charge in [-0.3, -0.25) is 0 Å². The summed E-state index contributed by atoms with van der Waals surface area (Å²) in [6.45, 7) is 2.77. The van der Waals surface area contributed by atoms with Gasteiger partial charge < -0.3 is 19.6 Å². The van der Waals surface area contributed by atoms with Gasteiger partial charge in [-0.2, -0.15) is 0 Å². The number of benzene rings is 2. The largest absolute Gasteiger partial charge is 0.491 e. The molecule has 0 aliphatic carbocycles. The summed E-state index contributed by atoms with van der Waals surface area (Å²) in [7, 11) is 0. The maximum Gasteiger partial charge on any atom is 0.340 e. The standard InChI is InChI=1S/C23H23NO4/c1-3-11-24-14-18(25)15-27-19-9-10-20-16(2)21(23(26)28-22(20)13-19)12-17-7-5-4-6-8-17/h1,4-10,13,18,24-25H,11-12,14-15H2,2H3. The Balaban J connectivity index is 1.77. The molecule has 1 aromatic heterocycles. The van der Waals surface area contributed by atoms with Gasteiger partial charge in [0.1, 0.15) is 24.0 Å². The molecule has 0 saturated carbocycles. The highest BCUT2D eigenvalue weighted by atomic mass is 16.5. The molecule has 0 aliphatic heterocycles. The molecule has 28 heavy (non-hydrogen) atoms. The van der Waals surface area contributed by atoms with E-state index in [-0.39, 0.29) is 12.2 Å². The molecule has 0 aliphatic rings. The van der Waals surface area contributed by atoms with Crippen molar-refractivity contribution in [3.05, 3.63) is 75.6 Å². The Bertz CT molecular complexity index is 1030. The highest BCUT2D eigenvalue weighted by Gasteiger charge is 2.13. The van der Waals surface area contributed by atoms with Crippen LogP contribution in [0.25, 0.3) is 11.0 Å². The molecule has 1 unspecified atom stereocenters. The van der Waals surface area contributed by atoms with Crippen molar-refractivity contribution in [1.29, 1.82) is 0 Å². The number of terminal acetylenes is 1. The molecular weight excluding hydrogens is 354 g/mol. The highest BCUT2D eigenvalue weighted by Crippen LogP contribution is 2.25. The maximum atomic E-state index is 12.5. The maximum absolute atomic E-state index is 12.5. The lowest BCUT2D eigenvalue weighted by atomic mass is 10.00. The van der Waals surface area contributed by atoms with Crippen LogP contribution in [0.1, 0.15) is 16.7 Å². The van der Waals surface area contributed by atoms with E-state index in [4.69, 9.17) is 15.6 Å². The number of aliphatic hydroxyl groups is 1. The topological polar surface area (TPSA) is 71.7 Å². The Hall–Kier alpha value is -3.07. The molecule has 0 saturated heterocycles. The van der Waals surface area contributed by atoms with E-state index in [2.05, 4.69) is 11.2 Å². The van der Waals surface area contributed by atoms with Gasteiger partial charge in [0.15, 0.2) is 0 Å². The minimum Gasteiger partial charge on any atom is -0.491 e. The highest BCUT2D eigenvalue weighted by molar-refractivity contribution is 5.82. The van der Waals surface area contributed by atoms with Gasteiger partial charge in [-0.15, -0.1) is 6.42 Å². The first kappa shape index (κ1) is 19.7. The number of ether oxygens (including phenoxy) is 1. The van der Waals surface area contributed by atoms with Gasteiger partial charge >= 0.3 is 5.63 Å². The first-order chi connectivity index (χ1) is 13.6. The summed E-state index contributed by atoms with van der Waals surface area (Å²) in [6.07, 6.45) is 4.99. The van der Waals surface area contributed by atoms with Gasteiger partial charge in [0, 0.05) is 30.0 Å². The second kappa shape index (κ2) is 9.23. The SMILES string of the molecule is C#CCNCC(O)COc1ccc2c(C)c(Cc3ccccc3)c(=O)oc2c1. The third-order valence-electron chi connectivity index (χ3n) is 4.53. The van der Waals surface area contributed by atoms with E-state index in [9.17, 15) is 9.90 Å². The van der Waals surface area contributed by atoms with Crippen LogP contribution in [0.5, 0.6) is 5.75 Å². The van der Waals surface area contributed by atoms with Crippen LogP contribution in [0.3, 0.4) is 0 Å². The Morgan fingerprint density at radius 2 is 2.04 bits per heavy atom. The van der Waals surface area contributed by atoms with Crippen molar-refractivity contribution in [1.82, 2.24) is 5.32 Å². The molecule has 0 fully saturated rings. The monoisotopic (exact) mass is 377 g/mol. The second-order valence-corrected chi connectivity index (χ2v) is 6.61. The number of hydrogen-bond donors (Lipinski definition) is 2. The van der Waals surface area contributed by atoms with E-state index in [1.165, 1.54) is 0 Å². The molecule has 0 radical (unpaired) electrons. The lowest BCUT2D eigenvalue weighted by Gasteiger charge is -2.13. The predicted molar refractivity (Wildman–Crippen MR) is 110 cm³/mol. The number of nitrogens with one attached hydrogen (secondary N) is 1. The average molecular weight is 377 g/mol. The van der Waals surface area contributed by atoms with Crippen LogP contribution < -0.4 is 15.7 Å². The number of hydrogen-bond acceptors (Lipinski definition) is 5. The molecule has 5 nitrogen and oxygen atoms in total. The van der Waals surface area contributed by atoms with Crippen LogP contribution in [-0.4, -0.2) is 30.9 Å². The van der Waals surface area contributed by atoms with Crippen molar-refractivity contribution in [2.75, 3.05) is 19.7 Å². The molecule has 1 heterocycles. The van der Waals surface area contributed by atoms with Crippen molar-refractivity contribution in [2.24, 2.45) is 0 Å². The van der Waals surface area contributed by atoms with Gasteiger partial charge in [0.2, 0.25) is 0 Å². The molecule has 3 aromatic rings. The summed E-state index contributed by atoms with van der Waals surface area (Å²) in [5.41, 5.74) is 2.74. The summed E-state index contributed by atoms with van der Waals surface area (Å²) < 4.78 is 11.1. The quantitative estimate of drug-likeness (QED) is 0.359. The zero-order valence-electron chi connectivity index (χ0n) is 15.8. The van der Waals surface area contributed by atoms with Crippen LogP contribution >= 0.6 is 0 Å². The van der Waals surface area contributed by atoms with Crippen LogP contribution in [0, 0.1) is 19.3 Å². The summed E-state index contributed by atoms with van der Waals surface area (Å²) >= 11 is 0. The van der Waals surface area contributed by atoms with Gasteiger partial charge in [-0.25, -0.2) is 4.79 Å².